The lowest BCUT2D eigenvalue weighted by molar-refractivity contribution is -0.127. The van der Waals surface area contributed by atoms with Crippen molar-refractivity contribution in [3.05, 3.63) is 42.0 Å². The van der Waals surface area contributed by atoms with Crippen molar-refractivity contribution in [1.29, 1.82) is 0 Å². The summed E-state index contributed by atoms with van der Waals surface area (Å²) >= 11 is 0. The molecule has 1 fully saturated rings. The molecule has 1 N–H and O–H groups in total. The molecular formula is C15H20N2O. The molecule has 1 aromatic carbocycles. The predicted octanol–water partition coefficient (Wildman–Crippen LogP) is 1.91. The Hall–Kier alpha value is -1.61. The van der Waals surface area contributed by atoms with E-state index in [1.54, 1.807) is 6.08 Å². The fraction of sp³-hybridized carbons (Fsp3) is 0.400. The number of nitrogens with one attached hydrogen (secondary N) is 1. The van der Waals surface area contributed by atoms with Gasteiger partial charge in [0, 0.05) is 25.2 Å². The molecule has 18 heavy (non-hydrogen) atoms. The number of likely N-dealkylation sites (N-methyl/N-ethyl adjacent to an activating group) is 1. The van der Waals surface area contributed by atoms with Crippen molar-refractivity contribution in [2.24, 2.45) is 0 Å². The molecule has 0 saturated carbocycles. The Bertz CT molecular complexity index is 414. The van der Waals surface area contributed by atoms with Crippen molar-refractivity contribution in [1.82, 2.24) is 10.2 Å². The first kappa shape index (κ1) is 12.8. The first-order valence-corrected chi connectivity index (χ1v) is 6.49. The second kappa shape index (κ2) is 6.36. The summed E-state index contributed by atoms with van der Waals surface area (Å²) in [6.45, 7) is 1.69. The van der Waals surface area contributed by atoms with Gasteiger partial charge in [0.1, 0.15) is 0 Å². The number of carbonyl (C=O) groups is 1. The second-order valence-corrected chi connectivity index (χ2v) is 4.66. The van der Waals surface area contributed by atoms with E-state index >= 15 is 0 Å². The van der Waals surface area contributed by atoms with Crippen LogP contribution in [0.3, 0.4) is 0 Å². The number of nitrogens with zero attached hydrogens (tertiary/aromatic N) is 1. The van der Waals surface area contributed by atoms with Gasteiger partial charge in [-0.15, -0.1) is 0 Å². The molecular weight excluding hydrogens is 224 g/mol. The molecule has 3 heteroatoms. The van der Waals surface area contributed by atoms with Gasteiger partial charge in [-0.3, -0.25) is 4.79 Å². The fourth-order valence-corrected chi connectivity index (χ4v) is 2.25. The van der Waals surface area contributed by atoms with E-state index < -0.39 is 0 Å². The summed E-state index contributed by atoms with van der Waals surface area (Å²) in [5, 5.41) is 3.24. The minimum atomic E-state index is 0.110. The summed E-state index contributed by atoms with van der Waals surface area (Å²) in [5.41, 5.74) is 1.06. The fourth-order valence-electron chi connectivity index (χ4n) is 2.25. The zero-order chi connectivity index (χ0) is 12.8. The van der Waals surface area contributed by atoms with Gasteiger partial charge in [-0.25, -0.2) is 0 Å². The van der Waals surface area contributed by atoms with Crippen LogP contribution in [-0.2, 0) is 4.79 Å². The van der Waals surface area contributed by atoms with E-state index in [-0.39, 0.29) is 5.91 Å². The van der Waals surface area contributed by atoms with Crippen LogP contribution < -0.4 is 5.32 Å². The van der Waals surface area contributed by atoms with Crippen LogP contribution in [0.25, 0.3) is 6.08 Å². The first-order chi connectivity index (χ1) is 8.79. The molecule has 1 aliphatic heterocycles. The zero-order valence-corrected chi connectivity index (χ0v) is 10.8. The molecule has 0 bridgehead atoms. The number of amides is 1. The van der Waals surface area contributed by atoms with Crippen LogP contribution in [0.4, 0.5) is 0 Å². The lowest BCUT2D eigenvalue weighted by atomic mass is 10.1. The molecule has 0 aliphatic carbocycles. The van der Waals surface area contributed by atoms with Crippen molar-refractivity contribution < 1.29 is 4.79 Å². The number of hydrogen-bond acceptors (Lipinski definition) is 2. The maximum atomic E-state index is 12.0. The molecule has 1 aromatic rings. The number of piperidine rings is 1. The van der Waals surface area contributed by atoms with E-state index in [4.69, 9.17) is 0 Å². The second-order valence-electron chi connectivity index (χ2n) is 4.66. The van der Waals surface area contributed by atoms with Crippen molar-refractivity contribution in [3.63, 3.8) is 0 Å². The van der Waals surface area contributed by atoms with Crippen molar-refractivity contribution in [2.45, 2.75) is 18.9 Å². The first-order valence-electron chi connectivity index (χ1n) is 6.49. The van der Waals surface area contributed by atoms with Gasteiger partial charge < -0.3 is 10.2 Å². The number of benzene rings is 1. The van der Waals surface area contributed by atoms with Gasteiger partial charge in [-0.2, -0.15) is 0 Å². The number of likely N-dealkylation sites (tertiary alicyclic amines) is 1. The highest BCUT2D eigenvalue weighted by Gasteiger charge is 2.20. The molecule has 1 atom stereocenters. The SMILES string of the molecule is CNC1CCCN(C(=O)C=Cc2ccccc2)C1. The highest BCUT2D eigenvalue weighted by atomic mass is 16.2. The van der Waals surface area contributed by atoms with Crippen molar-refractivity contribution in [3.8, 4) is 0 Å². The molecule has 1 aliphatic rings. The minimum Gasteiger partial charge on any atom is -0.338 e. The highest BCUT2D eigenvalue weighted by molar-refractivity contribution is 5.91. The van der Waals surface area contributed by atoms with Crippen LogP contribution >= 0.6 is 0 Å². The third-order valence-corrected chi connectivity index (χ3v) is 3.36. The van der Waals surface area contributed by atoms with E-state index in [1.165, 1.54) is 0 Å². The molecule has 96 valence electrons. The summed E-state index contributed by atoms with van der Waals surface area (Å²) in [5.74, 6) is 0.110. The van der Waals surface area contributed by atoms with E-state index in [0.29, 0.717) is 6.04 Å². The largest absolute Gasteiger partial charge is 0.338 e. The summed E-state index contributed by atoms with van der Waals surface area (Å²) in [7, 11) is 1.96. The van der Waals surface area contributed by atoms with Gasteiger partial charge in [0.2, 0.25) is 5.91 Å². The average Bonchev–Trinajstić information content (AvgIpc) is 2.46. The summed E-state index contributed by atoms with van der Waals surface area (Å²) in [4.78, 5) is 14.0. The molecule has 2 rings (SSSR count). The zero-order valence-electron chi connectivity index (χ0n) is 10.8. The predicted molar refractivity (Wildman–Crippen MR) is 74.1 cm³/mol. The maximum absolute atomic E-state index is 12.0. The Morgan fingerprint density at radius 1 is 1.39 bits per heavy atom. The van der Waals surface area contributed by atoms with Crippen molar-refractivity contribution in [2.75, 3.05) is 20.1 Å². The van der Waals surface area contributed by atoms with Gasteiger partial charge in [0.15, 0.2) is 0 Å². The van der Waals surface area contributed by atoms with Crippen LogP contribution in [0.1, 0.15) is 18.4 Å². The summed E-state index contributed by atoms with van der Waals surface area (Å²) < 4.78 is 0. The maximum Gasteiger partial charge on any atom is 0.246 e. The smallest absolute Gasteiger partial charge is 0.246 e. The van der Waals surface area contributed by atoms with E-state index in [9.17, 15) is 4.79 Å². The third kappa shape index (κ3) is 3.44. The summed E-state index contributed by atoms with van der Waals surface area (Å²) in [6.07, 6.45) is 5.79. The normalized spacial score (nSPS) is 20.3. The third-order valence-electron chi connectivity index (χ3n) is 3.36. The van der Waals surface area contributed by atoms with Gasteiger partial charge in [-0.1, -0.05) is 30.3 Å². The van der Waals surface area contributed by atoms with Gasteiger partial charge in [-0.05, 0) is 31.5 Å². The molecule has 1 saturated heterocycles. The molecule has 0 spiro atoms. The van der Waals surface area contributed by atoms with Crippen LogP contribution in [-0.4, -0.2) is 37.0 Å². The highest BCUT2D eigenvalue weighted by Crippen LogP contribution is 2.11. The molecule has 1 unspecified atom stereocenters. The Labute approximate surface area is 108 Å². The quantitative estimate of drug-likeness (QED) is 0.824. The minimum absolute atomic E-state index is 0.110. The van der Waals surface area contributed by atoms with E-state index in [2.05, 4.69) is 5.32 Å². The van der Waals surface area contributed by atoms with Gasteiger partial charge >= 0.3 is 0 Å². The Balaban J connectivity index is 1.93. The molecule has 1 amide bonds. The molecule has 0 aromatic heterocycles. The van der Waals surface area contributed by atoms with Crippen LogP contribution in [0.2, 0.25) is 0 Å². The topological polar surface area (TPSA) is 32.3 Å². The molecule has 3 nitrogen and oxygen atoms in total. The van der Waals surface area contributed by atoms with Gasteiger partial charge in [0.25, 0.3) is 0 Å². The standard InChI is InChI=1S/C15H20N2O/c1-16-14-8-5-11-17(12-14)15(18)10-9-13-6-3-2-4-7-13/h2-4,6-7,9-10,14,16H,5,8,11-12H2,1H3. The monoisotopic (exact) mass is 244 g/mol. The van der Waals surface area contributed by atoms with Gasteiger partial charge in [0.05, 0.1) is 0 Å². The van der Waals surface area contributed by atoms with Crippen LogP contribution in [0.15, 0.2) is 36.4 Å². The number of carbonyl (C=O) groups excluding carboxylic acids is 1. The number of hydrogen-bond donors (Lipinski definition) is 1. The van der Waals surface area contributed by atoms with E-state index in [1.807, 2.05) is 48.4 Å². The number of rotatable bonds is 3. The van der Waals surface area contributed by atoms with Crippen LogP contribution in [0, 0.1) is 0 Å². The lowest BCUT2D eigenvalue weighted by Crippen LogP contribution is -2.46. The Kier molecular flexibility index (Phi) is 4.53. The lowest BCUT2D eigenvalue weighted by Gasteiger charge is -2.31. The Morgan fingerprint density at radius 3 is 2.89 bits per heavy atom. The molecule has 1 heterocycles. The van der Waals surface area contributed by atoms with Crippen LogP contribution in [0.5, 0.6) is 0 Å². The van der Waals surface area contributed by atoms with E-state index in [0.717, 1.165) is 31.5 Å². The summed E-state index contributed by atoms with van der Waals surface area (Å²) in [6, 6.07) is 10.4. The average molecular weight is 244 g/mol. The molecule has 0 radical (unpaired) electrons. The Morgan fingerprint density at radius 2 is 2.17 bits per heavy atom. The van der Waals surface area contributed by atoms with Crippen molar-refractivity contribution >= 4 is 12.0 Å².